The van der Waals surface area contributed by atoms with Gasteiger partial charge in [0.05, 0.1) is 19.6 Å². The molecule has 0 radical (unpaired) electrons. The molecule has 1 saturated heterocycles. The van der Waals surface area contributed by atoms with Crippen molar-refractivity contribution in [3.8, 4) is 11.5 Å². The second-order valence-electron chi connectivity index (χ2n) is 4.42. The molecule has 1 heterocycles. The van der Waals surface area contributed by atoms with Gasteiger partial charge in [-0.05, 0) is 24.1 Å². The number of carbonyl (C=O) groups excluding carboxylic acids is 1. The lowest BCUT2D eigenvalue weighted by Gasteiger charge is -2.11. The van der Waals surface area contributed by atoms with E-state index in [4.69, 9.17) is 9.47 Å². The molecule has 1 aromatic carbocycles. The predicted molar refractivity (Wildman–Crippen MR) is 62.0 cm³/mol. The molecule has 1 aliphatic rings. The van der Waals surface area contributed by atoms with Gasteiger partial charge in [-0.25, -0.2) is 0 Å². The van der Waals surface area contributed by atoms with E-state index in [0.717, 1.165) is 5.56 Å². The number of rotatable bonds is 3. The molecule has 2 atom stereocenters. The van der Waals surface area contributed by atoms with Crippen molar-refractivity contribution in [2.24, 2.45) is 11.8 Å². The SMILES string of the molecule is COc1cc(CC2C(=O)OCC2C)ccc1O. The summed E-state index contributed by atoms with van der Waals surface area (Å²) in [6, 6.07) is 5.14. The predicted octanol–water partition coefficient (Wildman–Crippen LogP) is 1.75. The smallest absolute Gasteiger partial charge is 0.309 e. The standard InChI is InChI=1S/C13H16O4/c1-8-7-17-13(15)10(8)5-9-3-4-11(14)12(6-9)16-2/h3-4,6,8,10,14H,5,7H2,1-2H3. The maximum Gasteiger partial charge on any atom is 0.309 e. The number of ether oxygens (including phenoxy) is 2. The van der Waals surface area contributed by atoms with Crippen LogP contribution in [-0.2, 0) is 16.0 Å². The largest absolute Gasteiger partial charge is 0.504 e. The summed E-state index contributed by atoms with van der Waals surface area (Å²) in [4.78, 5) is 11.5. The van der Waals surface area contributed by atoms with Gasteiger partial charge in [0.2, 0.25) is 0 Å². The van der Waals surface area contributed by atoms with Crippen molar-refractivity contribution in [3.63, 3.8) is 0 Å². The number of phenols is 1. The second-order valence-corrected chi connectivity index (χ2v) is 4.42. The molecule has 4 heteroatoms. The zero-order chi connectivity index (χ0) is 12.4. The molecule has 2 unspecified atom stereocenters. The van der Waals surface area contributed by atoms with E-state index in [0.29, 0.717) is 18.8 Å². The van der Waals surface area contributed by atoms with Crippen molar-refractivity contribution < 1.29 is 19.4 Å². The van der Waals surface area contributed by atoms with Crippen LogP contribution in [0.25, 0.3) is 0 Å². The van der Waals surface area contributed by atoms with Crippen molar-refractivity contribution in [3.05, 3.63) is 23.8 Å². The summed E-state index contributed by atoms with van der Waals surface area (Å²) in [6.07, 6.45) is 0.622. The topological polar surface area (TPSA) is 55.8 Å². The second kappa shape index (κ2) is 4.65. The van der Waals surface area contributed by atoms with Gasteiger partial charge in [0, 0.05) is 5.92 Å². The van der Waals surface area contributed by atoms with Crippen LogP contribution in [0.3, 0.4) is 0 Å². The minimum atomic E-state index is -0.135. The first-order valence-electron chi connectivity index (χ1n) is 5.64. The number of benzene rings is 1. The zero-order valence-corrected chi connectivity index (χ0v) is 9.97. The normalized spacial score (nSPS) is 23.5. The highest BCUT2D eigenvalue weighted by atomic mass is 16.5. The first-order chi connectivity index (χ1) is 8.11. The summed E-state index contributed by atoms with van der Waals surface area (Å²) < 4.78 is 10.0. The van der Waals surface area contributed by atoms with Gasteiger partial charge >= 0.3 is 5.97 Å². The molecule has 0 saturated carbocycles. The Morgan fingerprint density at radius 1 is 1.53 bits per heavy atom. The fraction of sp³-hybridized carbons (Fsp3) is 0.462. The summed E-state index contributed by atoms with van der Waals surface area (Å²) in [6.45, 7) is 2.51. The maximum atomic E-state index is 11.5. The number of cyclic esters (lactones) is 1. The van der Waals surface area contributed by atoms with Crippen LogP contribution >= 0.6 is 0 Å². The Hall–Kier alpha value is -1.71. The Bertz CT molecular complexity index is 427. The van der Waals surface area contributed by atoms with Crippen LogP contribution in [0.4, 0.5) is 0 Å². The van der Waals surface area contributed by atoms with Crippen LogP contribution in [0.2, 0.25) is 0 Å². The van der Waals surface area contributed by atoms with Gasteiger partial charge in [0.25, 0.3) is 0 Å². The van der Waals surface area contributed by atoms with E-state index in [1.165, 1.54) is 7.11 Å². The lowest BCUT2D eigenvalue weighted by Crippen LogP contribution is -2.16. The molecule has 0 bridgehead atoms. The average molecular weight is 236 g/mol. The number of phenolic OH excluding ortho intramolecular Hbond substituents is 1. The fourth-order valence-electron chi connectivity index (χ4n) is 2.06. The molecule has 1 N–H and O–H groups in total. The minimum Gasteiger partial charge on any atom is -0.504 e. The molecule has 1 aliphatic heterocycles. The molecule has 1 fully saturated rings. The van der Waals surface area contributed by atoms with Crippen LogP contribution in [0, 0.1) is 11.8 Å². The molecule has 1 aromatic rings. The van der Waals surface area contributed by atoms with Gasteiger partial charge in [-0.15, -0.1) is 0 Å². The highest BCUT2D eigenvalue weighted by Crippen LogP contribution is 2.30. The van der Waals surface area contributed by atoms with E-state index in [2.05, 4.69) is 0 Å². The maximum absolute atomic E-state index is 11.5. The molecule has 92 valence electrons. The van der Waals surface area contributed by atoms with Crippen LogP contribution in [0.1, 0.15) is 12.5 Å². The van der Waals surface area contributed by atoms with E-state index in [1.54, 1.807) is 18.2 Å². The summed E-state index contributed by atoms with van der Waals surface area (Å²) in [5.41, 5.74) is 0.968. The highest BCUT2D eigenvalue weighted by molar-refractivity contribution is 5.75. The van der Waals surface area contributed by atoms with Crippen LogP contribution < -0.4 is 4.74 Å². The third-order valence-electron chi connectivity index (χ3n) is 3.18. The summed E-state index contributed by atoms with van der Waals surface area (Å²) >= 11 is 0. The lowest BCUT2D eigenvalue weighted by atomic mass is 9.90. The van der Waals surface area contributed by atoms with Gasteiger partial charge in [-0.3, -0.25) is 4.79 Å². The third-order valence-corrected chi connectivity index (χ3v) is 3.18. The van der Waals surface area contributed by atoms with E-state index in [-0.39, 0.29) is 23.6 Å². The van der Waals surface area contributed by atoms with Gasteiger partial charge in [0.15, 0.2) is 11.5 Å². The van der Waals surface area contributed by atoms with E-state index in [1.807, 2.05) is 6.92 Å². The Morgan fingerprint density at radius 3 is 2.88 bits per heavy atom. The summed E-state index contributed by atoms with van der Waals surface area (Å²) in [5, 5.41) is 9.48. The first-order valence-corrected chi connectivity index (χ1v) is 5.64. The number of methoxy groups -OCH3 is 1. The number of hydrogen-bond donors (Lipinski definition) is 1. The average Bonchev–Trinajstić information content (AvgIpc) is 2.63. The van der Waals surface area contributed by atoms with Gasteiger partial charge in [0.1, 0.15) is 0 Å². The first kappa shape index (κ1) is 11.8. The van der Waals surface area contributed by atoms with Crippen molar-refractivity contribution in [2.45, 2.75) is 13.3 Å². The zero-order valence-electron chi connectivity index (χ0n) is 9.97. The molecule has 4 nitrogen and oxygen atoms in total. The van der Waals surface area contributed by atoms with Crippen molar-refractivity contribution in [1.29, 1.82) is 0 Å². The number of hydrogen-bond acceptors (Lipinski definition) is 4. The number of esters is 1. The molecule has 0 spiro atoms. The Balaban J connectivity index is 2.16. The molecule has 0 amide bonds. The van der Waals surface area contributed by atoms with Gasteiger partial charge in [-0.1, -0.05) is 13.0 Å². The highest BCUT2D eigenvalue weighted by Gasteiger charge is 2.33. The van der Waals surface area contributed by atoms with Gasteiger partial charge in [-0.2, -0.15) is 0 Å². The molecule has 17 heavy (non-hydrogen) atoms. The number of aromatic hydroxyl groups is 1. The van der Waals surface area contributed by atoms with Crippen molar-refractivity contribution in [1.82, 2.24) is 0 Å². The monoisotopic (exact) mass is 236 g/mol. The van der Waals surface area contributed by atoms with E-state index in [9.17, 15) is 9.90 Å². The quantitative estimate of drug-likeness (QED) is 0.812. The molecule has 0 aliphatic carbocycles. The Labute approximate surface area is 100 Å². The number of carbonyl (C=O) groups is 1. The third kappa shape index (κ3) is 2.35. The Kier molecular flexibility index (Phi) is 3.22. The van der Waals surface area contributed by atoms with Crippen molar-refractivity contribution in [2.75, 3.05) is 13.7 Å². The molecule has 0 aromatic heterocycles. The fourth-order valence-corrected chi connectivity index (χ4v) is 2.06. The molecule has 2 rings (SSSR count). The van der Waals surface area contributed by atoms with Crippen molar-refractivity contribution >= 4 is 5.97 Å². The minimum absolute atomic E-state index is 0.0933. The van der Waals surface area contributed by atoms with E-state index < -0.39 is 0 Å². The van der Waals surface area contributed by atoms with Gasteiger partial charge < -0.3 is 14.6 Å². The van der Waals surface area contributed by atoms with Crippen LogP contribution in [-0.4, -0.2) is 24.8 Å². The molecular weight excluding hydrogens is 220 g/mol. The summed E-state index contributed by atoms with van der Waals surface area (Å²) in [7, 11) is 1.51. The summed E-state index contributed by atoms with van der Waals surface area (Å²) in [5.74, 6) is 0.552. The van der Waals surface area contributed by atoms with Crippen LogP contribution in [0.15, 0.2) is 18.2 Å². The molecular formula is C13H16O4. The van der Waals surface area contributed by atoms with E-state index >= 15 is 0 Å². The van der Waals surface area contributed by atoms with Crippen LogP contribution in [0.5, 0.6) is 11.5 Å². The lowest BCUT2D eigenvalue weighted by molar-refractivity contribution is -0.141. The Morgan fingerprint density at radius 2 is 2.29 bits per heavy atom.